The molecule has 18 atom stereocenters. The predicted molar refractivity (Wildman–Crippen MR) is 170 cm³/mol. The molecule has 0 amide bonds. The first-order valence-corrected chi connectivity index (χ1v) is 18.5. The number of ether oxygens (including phenoxy) is 5. The van der Waals surface area contributed by atoms with Crippen molar-refractivity contribution in [3.63, 3.8) is 0 Å². The normalized spacial score (nSPS) is 60.4. The van der Waals surface area contributed by atoms with Crippen LogP contribution in [0.4, 0.5) is 0 Å². The van der Waals surface area contributed by atoms with Crippen LogP contribution in [0.2, 0.25) is 0 Å². The van der Waals surface area contributed by atoms with E-state index in [1.165, 1.54) is 6.92 Å². The summed E-state index contributed by atoms with van der Waals surface area (Å²) in [6, 6.07) is 0. The monoisotopic (exact) mass is 678 g/mol. The van der Waals surface area contributed by atoms with Gasteiger partial charge < -0.3 is 49.2 Å². The topological polar surface area (TPSA) is 164 Å². The average Bonchev–Trinajstić information content (AvgIpc) is 3.52. The van der Waals surface area contributed by atoms with Crippen LogP contribution in [0, 0.1) is 50.7 Å². The number of rotatable bonds is 3. The largest absolute Gasteiger partial charge is 0.462 e. The molecule has 0 bridgehead atoms. The molecule has 3 aliphatic heterocycles. The maximum atomic E-state index is 12.9. The van der Waals surface area contributed by atoms with E-state index in [1.807, 2.05) is 0 Å². The molecule has 0 aromatic rings. The number of esters is 1. The van der Waals surface area contributed by atoms with Gasteiger partial charge in [-0.05, 0) is 104 Å². The van der Waals surface area contributed by atoms with E-state index in [0.717, 1.165) is 38.5 Å². The van der Waals surface area contributed by atoms with E-state index in [2.05, 4.69) is 34.6 Å². The summed E-state index contributed by atoms with van der Waals surface area (Å²) in [6.45, 7) is 16.3. The highest BCUT2D eigenvalue weighted by molar-refractivity contribution is 5.66. The van der Waals surface area contributed by atoms with Gasteiger partial charge in [-0.15, -0.1) is 0 Å². The first-order valence-electron chi connectivity index (χ1n) is 18.5. The number of fused-ring (bicyclic) bond motifs is 5. The van der Waals surface area contributed by atoms with Crippen LogP contribution in [0.3, 0.4) is 0 Å². The van der Waals surface area contributed by atoms with Gasteiger partial charge in [0.25, 0.3) is 0 Å². The number of carbonyl (C=O) groups is 1. The van der Waals surface area contributed by atoms with Crippen LogP contribution in [0.25, 0.3) is 0 Å². The molecule has 0 unspecified atom stereocenters. The van der Waals surface area contributed by atoms with Crippen LogP contribution in [-0.2, 0) is 28.5 Å². The van der Waals surface area contributed by atoms with Crippen LogP contribution in [0.1, 0.15) is 100 Å². The minimum atomic E-state index is -1.80. The number of aliphatic hydroxyl groups is 5. The Morgan fingerprint density at radius 3 is 2.23 bits per heavy atom. The summed E-state index contributed by atoms with van der Waals surface area (Å²) >= 11 is 0. The Hall–Kier alpha value is -0.890. The Morgan fingerprint density at radius 1 is 0.854 bits per heavy atom. The molecule has 48 heavy (non-hydrogen) atoms. The molecule has 2 spiro atoms. The molecule has 11 heteroatoms. The summed E-state index contributed by atoms with van der Waals surface area (Å²) < 4.78 is 31.6. The Labute approximate surface area is 284 Å². The summed E-state index contributed by atoms with van der Waals surface area (Å²) in [4.78, 5) is 12.9. The first-order chi connectivity index (χ1) is 22.2. The molecule has 5 saturated carbocycles. The zero-order valence-corrected chi connectivity index (χ0v) is 29.8. The molecule has 0 aromatic heterocycles. The highest BCUT2D eigenvalue weighted by Crippen LogP contribution is 2.89. The van der Waals surface area contributed by atoms with Crippen molar-refractivity contribution in [1.82, 2.24) is 0 Å². The first kappa shape index (κ1) is 34.2. The van der Waals surface area contributed by atoms with Gasteiger partial charge in [-0.1, -0.05) is 34.6 Å². The number of aliphatic hydroxyl groups excluding tert-OH is 4. The van der Waals surface area contributed by atoms with E-state index >= 15 is 0 Å². The fourth-order valence-corrected chi connectivity index (χ4v) is 14.3. The van der Waals surface area contributed by atoms with Gasteiger partial charge in [0.1, 0.15) is 36.6 Å². The molecule has 11 nitrogen and oxygen atoms in total. The van der Waals surface area contributed by atoms with Gasteiger partial charge >= 0.3 is 5.97 Å². The molecular weight excluding hydrogens is 620 g/mol. The molecule has 8 fully saturated rings. The van der Waals surface area contributed by atoms with E-state index < -0.39 is 53.6 Å². The second-order valence-electron chi connectivity index (χ2n) is 19.0. The highest BCUT2D eigenvalue weighted by Gasteiger charge is 2.86. The van der Waals surface area contributed by atoms with Crippen molar-refractivity contribution in [3.8, 4) is 0 Å². The molecule has 272 valence electrons. The molecule has 3 saturated heterocycles. The van der Waals surface area contributed by atoms with E-state index in [9.17, 15) is 30.3 Å². The summed E-state index contributed by atoms with van der Waals surface area (Å²) in [7, 11) is 0. The van der Waals surface area contributed by atoms with E-state index in [4.69, 9.17) is 23.7 Å². The minimum absolute atomic E-state index is 0.0187. The smallest absolute Gasteiger partial charge is 0.302 e. The quantitative estimate of drug-likeness (QED) is 0.220. The fourth-order valence-electron chi connectivity index (χ4n) is 14.3. The zero-order valence-electron chi connectivity index (χ0n) is 29.8. The van der Waals surface area contributed by atoms with Crippen LogP contribution in [0.15, 0.2) is 0 Å². The second kappa shape index (κ2) is 10.2. The molecule has 5 N–H and O–H groups in total. The summed E-state index contributed by atoms with van der Waals surface area (Å²) in [5.74, 6) is -1.56. The third kappa shape index (κ3) is 3.95. The van der Waals surface area contributed by atoms with E-state index in [-0.39, 0.29) is 64.4 Å². The number of carbonyl (C=O) groups excluding carboxylic acids is 1. The van der Waals surface area contributed by atoms with Crippen molar-refractivity contribution in [3.05, 3.63) is 0 Å². The second-order valence-corrected chi connectivity index (χ2v) is 19.0. The van der Waals surface area contributed by atoms with Crippen molar-refractivity contribution in [1.29, 1.82) is 0 Å². The van der Waals surface area contributed by atoms with E-state index in [1.54, 1.807) is 13.8 Å². The Balaban J connectivity index is 1.12. The molecule has 0 aromatic carbocycles. The summed E-state index contributed by atoms with van der Waals surface area (Å²) in [5.41, 5.74) is -1.87. The number of hydrogen-bond donors (Lipinski definition) is 5. The standard InChI is InChI=1S/C37H58O11/c1-17-25-20(47-37(43)28(17)48-32(5,6)30(37)42)13-33(7)22-10-9-21-31(3,4)23(46-29-27(41)26(40)19(39)15-44-29)11-12-35(21)16-36(22,35)14-24(34(25,33)8)45-18(2)38/h17,19-30,39-43H,9-16H2,1-8H3/t17-,19+,20-,21-,22-,23-,24+,25-,26-,27+,28+,29-,30-,33-,34+,35+,36-,37+/m0/s1. The van der Waals surface area contributed by atoms with Gasteiger partial charge in [-0.3, -0.25) is 4.79 Å². The Bertz CT molecular complexity index is 1350. The fraction of sp³-hybridized carbons (Fsp3) is 0.973. The van der Waals surface area contributed by atoms with Crippen molar-refractivity contribution >= 4 is 5.97 Å². The summed E-state index contributed by atoms with van der Waals surface area (Å²) in [5, 5.41) is 54.1. The Kier molecular flexibility index (Phi) is 7.24. The molecule has 0 radical (unpaired) electrons. The highest BCUT2D eigenvalue weighted by atomic mass is 16.7. The zero-order chi connectivity index (χ0) is 34.8. The predicted octanol–water partition coefficient (Wildman–Crippen LogP) is 2.66. The lowest BCUT2D eigenvalue weighted by molar-refractivity contribution is -0.330. The summed E-state index contributed by atoms with van der Waals surface area (Å²) in [6.07, 6.45) is -1.19. The van der Waals surface area contributed by atoms with Gasteiger partial charge in [-0.2, -0.15) is 0 Å². The van der Waals surface area contributed by atoms with Gasteiger partial charge in [0.2, 0.25) is 5.79 Å². The van der Waals surface area contributed by atoms with Crippen LogP contribution < -0.4 is 0 Å². The third-order valence-electron chi connectivity index (χ3n) is 16.4. The molecule has 8 aliphatic rings. The van der Waals surface area contributed by atoms with Crippen molar-refractivity contribution in [2.75, 3.05) is 6.61 Å². The van der Waals surface area contributed by atoms with Crippen LogP contribution >= 0.6 is 0 Å². The van der Waals surface area contributed by atoms with Crippen LogP contribution in [-0.4, -0.2) is 105 Å². The Morgan fingerprint density at radius 2 is 1.54 bits per heavy atom. The minimum Gasteiger partial charge on any atom is -0.462 e. The van der Waals surface area contributed by atoms with E-state index in [0.29, 0.717) is 18.3 Å². The SMILES string of the molecule is CC(=O)O[C@@H]1C[C@@]23C[C@@]24CC[C@H](O[C@@H]2OC[C@@H](O)[C@H](O)[C@H]2O)C(C)(C)[C@@H]4CC[C@H]3[C@]2(C)C[C@@H]3O[C@]4(O)[C@H](OC(C)(C)[C@@H]4O)[C@@H](C)[C@@H]3[C@@]12C. The van der Waals surface area contributed by atoms with Gasteiger partial charge in [0.15, 0.2) is 6.29 Å². The van der Waals surface area contributed by atoms with Gasteiger partial charge in [0.05, 0.1) is 24.4 Å². The lowest BCUT2D eigenvalue weighted by atomic mass is 9.41. The van der Waals surface area contributed by atoms with Gasteiger partial charge in [-0.25, -0.2) is 0 Å². The molecule has 5 aliphatic carbocycles. The molecule has 3 heterocycles. The van der Waals surface area contributed by atoms with Crippen molar-refractivity contribution in [2.24, 2.45) is 50.7 Å². The van der Waals surface area contributed by atoms with Crippen molar-refractivity contribution in [2.45, 2.75) is 167 Å². The maximum absolute atomic E-state index is 12.9. The van der Waals surface area contributed by atoms with Crippen molar-refractivity contribution < 1.29 is 54.0 Å². The van der Waals surface area contributed by atoms with Gasteiger partial charge in [0, 0.05) is 12.3 Å². The molecular formula is C37H58O11. The lowest BCUT2D eigenvalue weighted by Crippen LogP contribution is -2.66. The average molecular weight is 679 g/mol. The third-order valence-corrected chi connectivity index (χ3v) is 16.4. The lowest BCUT2D eigenvalue weighted by Gasteiger charge is -2.65. The molecule has 8 rings (SSSR count). The van der Waals surface area contributed by atoms with Crippen LogP contribution in [0.5, 0.6) is 0 Å². The maximum Gasteiger partial charge on any atom is 0.302 e. The number of hydrogen-bond acceptors (Lipinski definition) is 11.